The molecule has 1 atom stereocenters. The number of nitrogens with zero attached hydrogens (tertiary/aromatic N) is 3. The van der Waals surface area contributed by atoms with Crippen LogP contribution in [0.1, 0.15) is 35.0 Å². The zero-order valence-corrected chi connectivity index (χ0v) is 18.1. The van der Waals surface area contributed by atoms with Gasteiger partial charge in [-0.2, -0.15) is 0 Å². The predicted octanol–water partition coefficient (Wildman–Crippen LogP) is 4.07. The quantitative estimate of drug-likeness (QED) is 0.310. The van der Waals surface area contributed by atoms with E-state index in [0.29, 0.717) is 5.92 Å². The molecule has 1 saturated heterocycles. The molecule has 3 rings (SSSR count). The molecule has 2 heterocycles. The highest BCUT2D eigenvalue weighted by molar-refractivity contribution is 14.0. The van der Waals surface area contributed by atoms with Crippen LogP contribution < -0.4 is 5.32 Å². The summed E-state index contributed by atoms with van der Waals surface area (Å²) in [6, 6.07) is 10.8. The molecule has 0 bridgehead atoms. The highest BCUT2D eigenvalue weighted by Crippen LogP contribution is 2.26. The molecule has 4 nitrogen and oxygen atoms in total. The molecule has 1 aliphatic rings. The minimum absolute atomic E-state index is 0. The zero-order valence-electron chi connectivity index (χ0n) is 14.9. The second-order valence-electron chi connectivity index (χ2n) is 6.30. The molecule has 0 radical (unpaired) electrons. The molecule has 1 fully saturated rings. The standard InChI is InChI=1S/C19H26N4S.HI/c1-15-14-24-18(22-15)9-6-11-21-19(20-2)23-12-10-17(13-23)16-7-4-3-5-8-16;/h3-5,7-8,14,17H,6,9-13H2,1-2H3,(H,20,21);1H. The Morgan fingerprint density at radius 2 is 2.16 bits per heavy atom. The smallest absolute Gasteiger partial charge is 0.193 e. The third-order valence-electron chi connectivity index (χ3n) is 4.49. The van der Waals surface area contributed by atoms with Gasteiger partial charge in [0.25, 0.3) is 0 Å². The van der Waals surface area contributed by atoms with E-state index in [1.165, 1.54) is 17.0 Å². The number of hydrogen-bond acceptors (Lipinski definition) is 3. The molecule has 0 amide bonds. The van der Waals surface area contributed by atoms with Crippen LogP contribution in [0, 0.1) is 6.92 Å². The Morgan fingerprint density at radius 1 is 1.36 bits per heavy atom. The lowest BCUT2D eigenvalue weighted by Gasteiger charge is -2.21. The van der Waals surface area contributed by atoms with Gasteiger partial charge in [-0.1, -0.05) is 30.3 Å². The molecular weight excluding hydrogens is 443 g/mol. The molecule has 0 saturated carbocycles. The Kier molecular flexibility index (Phi) is 8.15. The van der Waals surface area contributed by atoms with E-state index in [-0.39, 0.29) is 24.0 Å². The van der Waals surface area contributed by atoms with Gasteiger partial charge in [-0.05, 0) is 25.3 Å². The normalized spacial score (nSPS) is 17.4. The van der Waals surface area contributed by atoms with Crippen LogP contribution >= 0.6 is 35.3 Å². The van der Waals surface area contributed by atoms with Crippen LogP contribution in [-0.4, -0.2) is 42.5 Å². The van der Waals surface area contributed by atoms with E-state index < -0.39 is 0 Å². The summed E-state index contributed by atoms with van der Waals surface area (Å²) in [6.45, 7) is 5.12. The zero-order chi connectivity index (χ0) is 16.8. The summed E-state index contributed by atoms with van der Waals surface area (Å²) in [5.74, 6) is 1.65. The van der Waals surface area contributed by atoms with Crippen LogP contribution in [0.15, 0.2) is 40.7 Å². The summed E-state index contributed by atoms with van der Waals surface area (Å²) in [4.78, 5) is 11.4. The SMILES string of the molecule is CN=C(NCCCc1nc(C)cs1)N1CCC(c2ccccc2)C1.I. The van der Waals surface area contributed by atoms with Gasteiger partial charge in [0.2, 0.25) is 0 Å². The number of hydrogen-bond donors (Lipinski definition) is 1. The first kappa shape index (κ1) is 20.2. The monoisotopic (exact) mass is 470 g/mol. The van der Waals surface area contributed by atoms with Crippen molar-refractivity contribution in [2.45, 2.75) is 32.1 Å². The predicted molar refractivity (Wildman–Crippen MR) is 117 cm³/mol. The summed E-state index contributed by atoms with van der Waals surface area (Å²) in [7, 11) is 1.88. The molecule has 1 aromatic carbocycles. The van der Waals surface area contributed by atoms with Crippen molar-refractivity contribution in [1.82, 2.24) is 15.2 Å². The minimum atomic E-state index is 0. The molecular formula is C19H27IN4S. The van der Waals surface area contributed by atoms with Crippen molar-refractivity contribution in [3.05, 3.63) is 52.0 Å². The number of rotatable bonds is 5. The second kappa shape index (κ2) is 10.1. The number of likely N-dealkylation sites (tertiary alicyclic amines) is 1. The van der Waals surface area contributed by atoms with Crippen molar-refractivity contribution in [2.75, 3.05) is 26.7 Å². The number of aliphatic imine (C=N–C) groups is 1. The Morgan fingerprint density at radius 3 is 2.84 bits per heavy atom. The molecule has 0 aliphatic carbocycles. The number of aryl methyl sites for hydroxylation is 2. The summed E-state index contributed by atoms with van der Waals surface area (Å²) >= 11 is 1.76. The number of aromatic nitrogens is 1. The van der Waals surface area contributed by atoms with Crippen molar-refractivity contribution in [3.63, 3.8) is 0 Å². The summed E-state index contributed by atoms with van der Waals surface area (Å²) in [5.41, 5.74) is 2.57. The van der Waals surface area contributed by atoms with Crippen molar-refractivity contribution < 1.29 is 0 Å². The lowest BCUT2D eigenvalue weighted by atomic mass is 9.99. The number of halogens is 1. The molecule has 1 aliphatic heterocycles. The Balaban J connectivity index is 0.00000225. The number of benzene rings is 1. The maximum Gasteiger partial charge on any atom is 0.193 e. The van der Waals surface area contributed by atoms with Gasteiger partial charge in [0.15, 0.2) is 5.96 Å². The third-order valence-corrected chi connectivity index (χ3v) is 5.51. The van der Waals surface area contributed by atoms with E-state index in [2.05, 4.69) is 62.8 Å². The van der Waals surface area contributed by atoms with E-state index in [1.807, 2.05) is 7.05 Å². The molecule has 136 valence electrons. The van der Waals surface area contributed by atoms with Gasteiger partial charge >= 0.3 is 0 Å². The van der Waals surface area contributed by atoms with Gasteiger partial charge in [0.05, 0.1) is 5.01 Å². The van der Waals surface area contributed by atoms with Crippen LogP contribution in [0.3, 0.4) is 0 Å². The molecule has 2 aromatic rings. The van der Waals surface area contributed by atoms with Crippen LogP contribution in [0.25, 0.3) is 0 Å². The molecule has 25 heavy (non-hydrogen) atoms. The average Bonchev–Trinajstić information content (AvgIpc) is 3.25. The Labute approximate surface area is 171 Å². The fourth-order valence-electron chi connectivity index (χ4n) is 3.24. The fourth-order valence-corrected chi connectivity index (χ4v) is 4.06. The number of nitrogens with one attached hydrogen (secondary N) is 1. The van der Waals surface area contributed by atoms with Crippen molar-refractivity contribution in [3.8, 4) is 0 Å². The first-order valence-corrected chi connectivity index (χ1v) is 9.56. The van der Waals surface area contributed by atoms with Crippen molar-refractivity contribution in [2.24, 2.45) is 4.99 Å². The Hall–Kier alpha value is -1.15. The first-order chi connectivity index (χ1) is 11.8. The molecule has 1 aromatic heterocycles. The van der Waals surface area contributed by atoms with Crippen LogP contribution in [0.2, 0.25) is 0 Å². The van der Waals surface area contributed by atoms with Crippen molar-refractivity contribution >= 4 is 41.3 Å². The van der Waals surface area contributed by atoms with Gasteiger partial charge < -0.3 is 10.2 Å². The largest absolute Gasteiger partial charge is 0.356 e. The van der Waals surface area contributed by atoms with Gasteiger partial charge in [-0.25, -0.2) is 4.98 Å². The van der Waals surface area contributed by atoms with E-state index >= 15 is 0 Å². The van der Waals surface area contributed by atoms with Crippen molar-refractivity contribution in [1.29, 1.82) is 0 Å². The summed E-state index contributed by atoms with van der Waals surface area (Å²) in [5, 5.41) is 6.86. The van der Waals surface area contributed by atoms with Gasteiger partial charge in [0, 0.05) is 50.1 Å². The topological polar surface area (TPSA) is 40.5 Å². The fraction of sp³-hybridized carbons (Fsp3) is 0.474. The lowest BCUT2D eigenvalue weighted by molar-refractivity contribution is 0.485. The maximum absolute atomic E-state index is 4.52. The maximum atomic E-state index is 4.52. The van der Waals surface area contributed by atoms with Gasteiger partial charge in [0.1, 0.15) is 0 Å². The average molecular weight is 470 g/mol. The van der Waals surface area contributed by atoms with E-state index in [1.54, 1.807) is 11.3 Å². The van der Waals surface area contributed by atoms with Gasteiger partial charge in [-0.15, -0.1) is 35.3 Å². The third kappa shape index (κ3) is 5.67. The van der Waals surface area contributed by atoms with Crippen LogP contribution in [0.4, 0.5) is 0 Å². The summed E-state index contributed by atoms with van der Waals surface area (Å²) in [6.07, 6.45) is 3.32. The number of guanidine groups is 1. The van der Waals surface area contributed by atoms with Crippen LogP contribution in [-0.2, 0) is 6.42 Å². The van der Waals surface area contributed by atoms with E-state index in [4.69, 9.17) is 0 Å². The van der Waals surface area contributed by atoms with E-state index in [0.717, 1.165) is 44.1 Å². The minimum Gasteiger partial charge on any atom is -0.356 e. The summed E-state index contributed by atoms with van der Waals surface area (Å²) < 4.78 is 0. The highest BCUT2D eigenvalue weighted by Gasteiger charge is 2.25. The number of thiazole rings is 1. The molecule has 1 unspecified atom stereocenters. The highest BCUT2D eigenvalue weighted by atomic mass is 127. The molecule has 6 heteroatoms. The van der Waals surface area contributed by atoms with Crippen LogP contribution in [0.5, 0.6) is 0 Å². The first-order valence-electron chi connectivity index (χ1n) is 8.68. The second-order valence-corrected chi connectivity index (χ2v) is 7.25. The lowest BCUT2D eigenvalue weighted by Crippen LogP contribution is -2.40. The molecule has 0 spiro atoms. The van der Waals surface area contributed by atoms with Gasteiger partial charge in [-0.3, -0.25) is 4.99 Å². The Bertz CT molecular complexity index is 671. The van der Waals surface area contributed by atoms with E-state index in [9.17, 15) is 0 Å². The molecule has 1 N–H and O–H groups in total.